The van der Waals surface area contributed by atoms with Crippen LogP contribution in [0.3, 0.4) is 0 Å². The average molecular weight is 251 g/mol. The fourth-order valence-corrected chi connectivity index (χ4v) is 1.67. The normalized spacial score (nSPS) is 10.9. The van der Waals surface area contributed by atoms with E-state index >= 15 is 0 Å². The molecule has 1 aromatic heterocycles. The topological polar surface area (TPSA) is 25.8 Å². The summed E-state index contributed by atoms with van der Waals surface area (Å²) < 4.78 is 13.4. The monoisotopic (exact) mass is 250 g/mol. The van der Waals surface area contributed by atoms with Crippen molar-refractivity contribution in [3.8, 4) is 0 Å². The zero-order valence-corrected chi connectivity index (χ0v) is 8.83. The van der Waals surface area contributed by atoms with Gasteiger partial charge in [-0.15, -0.1) is 0 Å². The van der Waals surface area contributed by atoms with Crippen LogP contribution in [0.15, 0.2) is 12.1 Å². The maximum atomic E-state index is 13.4. The Labute approximate surface area is 93.6 Å². The quantitative estimate of drug-likeness (QED) is 0.527. The SMILES string of the molecule is Fc1c(Cl)ccc2c(Cl)nc(Cl)nc12. The minimum Gasteiger partial charge on any atom is -0.215 e. The number of hydrogen-bond donors (Lipinski definition) is 0. The van der Waals surface area contributed by atoms with E-state index < -0.39 is 5.82 Å². The minimum absolute atomic E-state index is 0.0247. The third-order valence-electron chi connectivity index (χ3n) is 1.69. The molecule has 0 fully saturated rings. The molecule has 14 heavy (non-hydrogen) atoms. The van der Waals surface area contributed by atoms with Gasteiger partial charge in [0.05, 0.1) is 5.02 Å². The van der Waals surface area contributed by atoms with E-state index in [2.05, 4.69) is 9.97 Å². The molecule has 0 aliphatic rings. The van der Waals surface area contributed by atoms with Crippen molar-refractivity contribution in [2.24, 2.45) is 0 Å². The molecule has 0 saturated heterocycles. The summed E-state index contributed by atoms with van der Waals surface area (Å²) in [5.41, 5.74) is 0.0301. The summed E-state index contributed by atoms with van der Waals surface area (Å²) in [5.74, 6) is -0.643. The lowest BCUT2D eigenvalue weighted by atomic mass is 10.2. The molecule has 1 heterocycles. The Morgan fingerprint density at radius 1 is 1.07 bits per heavy atom. The largest absolute Gasteiger partial charge is 0.224 e. The van der Waals surface area contributed by atoms with Gasteiger partial charge in [-0.25, -0.2) is 14.4 Å². The van der Waals surface area contributed by atoms with E-state index in [9.17, 15) is 4.39 Å². The molecule has 2 rings (SSSR count). The van der Waals surface area contributed by atoms with Gasteiger partial charge in [0.1, 0.15) is 10.7 Å². The maximum Gasteiger partial charge on any atom is 0.224 e. The molecule has 6 heteroatoms. The van der Waals surface area contributed by atoms with Crippen LogP contribution in [0.25, 0.3) is 10.9 Å². The Kier molecular flexibility index (Phi) is 2.47. The Morgan fingerprint density at radius 2 is 1.79 bits per heavy atom. The Hall–Kier alpha value is -0.640. The van der Waals surface area contributed by atoms with Crippen molar-refractivity contribution in [3.05, 3.63) is 33.4 Å². The fraction of sp³-hybridized carbons (Fsp3) is 0. The van der Waals surface area contributed by atoms with Crippen molar-refractivity contribution in [3.63, 3.8) is 0 Å². The maximum absolute atomic E-state index is 13.4. The zero-order valence-electron chi connectivity index (χ0n) is 6.56. The summed E-state index contributed by atoms with van der Waals surface area (Å²) in [6.07, 6.45) is 0. The first-order chi connectivity index (χ1) is 6.59. The van der Waals surface area contributed by atoms with Gasteiger partial charge in [-0.3, -0.25) is 0 Å². The van der Waals surface area contributed by atoms with Crippen LogP contribution in [0.2, 0.25) is 15.5 Å². The molecule has 0 bridgehead atoms. The molecule has 0 aliphatic heterocycles. The van der Waals surface area contributed by atoms with E-state index in [1.54, 1.807) is 6.07 Å². The Balaban J connectivity index is 2.95. The van der Waals surface area contributed by atoms with Gasteiger partial charge in [0, 0.05) is 5.39 Å². The highest BCUT2D eigenvalue weighted by Gasteiger charge is 2.11. The molecule has 0 amide bonds. The van der Waals surface area contributed by atoms with Gasteiger partial charge < -0.3 is 0 Å². The molecule has 0 aliphatic carbocycles. The van der Waals surface area contributed by atoms with Crippen molar-refractivity contribution >= 4 is 45.7 Å². The minimum atomic E-state index is -0.643. The standard InChI is InChI=1S/C8H2Cl3FN2/c9-4-2-1-3-6(5(4)12)13-8(11)14-7(3)10/h1-2H. The first-order valence-corrected chi connectivity index (χ1v) is 4.69. The van der Waals surface area contributed by atoms with Crippen LogP contribution in [0.4, 0.5) is 4.39 Å². The van der Waals surface area contributed by atoms with E-state index in [1.165, 1.54) is 6.07 Å². The summed E-state index contributed by atoms with van der Waals surface area (Å²) in [7, 11) is 0. The van der Waals surface area contributed by atoms with Gasteiger partial charge in [0.15, 0.2) is 5.82 Å². The molecule has 2 nitrogen and oxygen atoms in total. The average Bonchev–Trinajstić information content (AvgIpc) is 2.12. The van der Waals surface area contributed by atoms with E-state index in [1.807, 2.05) is 0 Å². The lowest BCUT2D eigenvalue weighted by Gasteiger charge is -2.02. The summed E-state index contributed by atoms with van der Waals surface area (Å²) in [6, 6.07) is 2.93. The van der Waals surface area contributed by atoms with Gasteiger partial charge in [0.25, 0.3) is 0 Å². The number of halogens is 4. The van der Waals surface area contributed by atoms with Gasteiger partial charge >= 0.3 is 0 Å². The Bertz CT molecular complexity index is 515. The molecule has 0 spiro atoms. The van der Waals surface area contributed by atoms with Gasteiger partial charge in [-0.05, 0) is 23.7 Å². The van der Waals surface area contributed by atoms with Crippen LogP contribution in [0.1, 0.15) is 0 Å². The molecule has 0 radical (unpaired) electrons. The number of rotatable bonds is 0. The Morgan fingerprint density at radius 3 is 2.50 bits per heavy atom. The van der Waals surface area contributed by atoms with E-state index in [0.717, 1.165) is 0 Å². The number of aromatic nitrogens is 2. The molecule has 2 aromatic rings. The lowest BCUT2D eigenvalue weighted by molar-refractivity contribution is 0.637. The van der Waals surface area contributed by atoms with Crippen molar-refractivity contribution < 1.29 is 4.39 Å². The van der Waals surface area contributed by atoms with Crippen molar-refractivity contribution in [2.45, 2.75) is 0 Å². The summed E-state index contributed by atoms with van der Waals surface area (Å²) in [4.78, 5) is 7.39. The van der Waals surface area contributed by atoms with Gasteiger partial charge in [-0.1, -0.05) is 23.2 Å². The number of benzene rings is 1. The third kappa shape index (κ3) is 1.52. The lowest BCUT2D eigenvalue weighted by Crippen LogP contribution is -1.90. The molecule has 0 saturated carbocycles. The second kappa shape index (κ2) is 3.50. The summed E-state index contributed by atoms with van der Waals surface area (Å²) in [6.45, 7) is 0. The molecule has 0 atom stereocenters. The summed E-state index contributed by atoms with van der Waals surface area (Å²) in [5, 5.41) is 0.362. The highest BCUT2D eigenvalue weighted by Crippen LogP contribution is 2.27. The second-order valence-electron chi connectivity index (χ2n) is 2.54. The molecule has 0 N–H and O–H groups in total. The highest BCUT2D eigenvalue weighted by molar-refractivity contribution is 6.36. The first-order valence-electron chi connectivity index (χ1n) is 3.56. The van der Waals surface area contributed by atoms with Crippen LogP contribution >= 0.6 is 34.8 Å². The van der Waals surface area contributed by atoms with Crippen LogP contribution in [0.5, 0.6) is 0 Å². The molecule has 0 unspecified atom stereocenters. The van der Waals surface area contributed by atoms with Crippen LogP contribution < -0.4 is 0 Å². The number of nitrogens with zero attached hydrogens (tertiary/aromatic N) is 2. The van der Waals surface area contributed by atoms with E-state index in [4.69, 9.17) is 34.8 Å². The fourth-order valence-electron chi connectivity index (χ4n) is 1.07. The van der Waals surface area contributed by atoms with E-state index in [-0.39, 0.29) is 21.0 Å². The van der Waals surface area contributed by atoms with Crippen molar-refractivity contribution in [1.29, 1.82) is 0 Å². The third-order valence-corrected chi connectivity index (χ3v) is 2.43. The van der Waals surface area contributed by atoms with Crippen LogP contribution in [-0.2, 0) is 0 Å². The van der Waals surface area contributed by atoms with E-state index in [0.29, 0.717) is 5.39 Å². The molecule has 1 aromatic carbocycles. The number of fused-ring (bicyclic) bond motifs is 1. The summed E-state index contributed by atoms with van der Waals surface area (Å²) >= 11 is 16.8. The number of hydrogen-bond acceptors (Lipinski definition) is 2. The zero-order chi connectivity index (χ0) is 10.3. The predicted octanol–water partition coefficient (Wildman–Crippen LogP) is 3.73. The first kappa shape index (κ1) is 9.90. The smallest absolute Gasteiger partial charge is 0.215 e. The van der Waals surface area contributed by atoms with Crippen molar-refractivity contribution in [2.75, 3.05) is 0 Å². The van der Waals surface area contributed by atoms with Gasteiger partial charge in [0.2, 0.25) is 5.28 Å². The van der Waals surface area contributed by atoms with Crippen LogP contribution in [0, 0.1) is 5.82 Å². The van der Waals surface area contributed by atoms with Gasteiger partial charge in [-0.2, -0.15) is 0 Å². The molecular weight excluding hydrogens is 249 g/mol. The highest BCUT2D eigenvalue weighted by atomic mass is 35.5. The van der Waals surface area contributed by atoms with Crippen molar-refractivity contribution in [1.82, 2.24) is 9.97 Å². The molecule has 72 valence electrons. The molecular formula is C8H2Cl3FN2. The predicted molar refractivity (Wildman–Crippen MR) is 54.5 cm³/mol. The second-order valence-corrected chi connectivity index (χ2v) is 3.64. The van der Waals surface area contributed by atoms with Crippen LogP contribution in [-0.4, -0.2) is 9.97 Å².